The van der Waals surface area contributed by atoms with Crippen molar-refractivity contribution in [1.29, 1.82) is 0 Å². The predicted molar refractivity (Wildman–Crippen MR) is 105 cm³/mol. The number of carbonyl (C=O) groups excluding carboxylic acids is 2. The molecule has 0 radical (unpaired) electrons. The van der Waals surface area contributed by atoms with E-state index in [9.17, 15) is 28.1 Å². The Balaban J connectivity index is 1.60. The molecule has 0 unspecified atom stereocenters. The molecular formula is C17H13N3O7S2. The van der Waals surface area contributed by atoms with E-state index in [-0.39, 0.29) is 15.5 Å². The minimum atomic E-state index is -3.84. The van der Waals surface area contributed by atoms with Crippen LogP contribution in [0.1, 0.15) is 9.67 Å². The number of thiophene rings is 1. The Bertz CT molecular complexity index is 1220. The first-order valence-corrected chi connectivity index (χ1v) is 10.3. The van der Waals surface area contributed by atoms with E-state index in [2.05, 4.69) is 5.32 Å². The second-order valence-electron chi connectivity index (χ2n) is 5.78. The van der Waals surface area contributed by atoms with Crippen LogP contribution in [0, 0.1) is 10.1 Å². The summed E-state index contributed by atoms with van der Waals surface area (Å²) in [5.41, 5.74) is 0.204. The summed E-state index contributed by atoms with van der Waals surface area (Å²) in [6.07, 6.45) is 0. The molecule has 29 heavy (non-hydrogen) atoms. The SMILES string of the molecule is NS(=O)(=O)c1ccc(NC(=O)COC(=O)c2cc3cc([N+](=O)[O-])ccc3s2)cc1. The van der Waals surface area contributed by atoms with Crippen LogP contribution in [0.2, 0.25) is 0 Å². The van der Waals surface area contributed by atoms with Crippen LogP contribution in [-0.2, 0) is 19.6 Å². The maximum Gasteiger partial charge on any atom is 0.348 e. The number of nitrogens with one attached hydrogen (secondary N) is 1. The summed E-state index contributed by atoms with van der Waals surface area (Å²) in [4.78, 5) is 34.4. The van der Waals surface area contributed by atoms with E-state index in [0.717, 1.165) is 11.3 Å². The van der Waals surface area contributed by atoms with Gasteiger partial charge in [0.1, 0.15) is 4.88 Å². The lowest BCUT2D eigenvalue weighted by molar-refractivity contribution is -0.384. The Labute approximate surface area is 168 Å². The van der Waals surface area contributed by atoms with E-state index in [0.29, 0.717) is 15.8 Å². The van der Waals surface area contributed by atoms with Crippen molar-refractivity contribution >= 4 is 54.7 Å². The standard InChI is InChI=1S/C17H13N3O7S2/c18-29(25,26)13-4-1-11(2-5-13)19-16(21)9-27-17(22)15-8-10-7-12(20(23)24)3-6-14(10)28-15/h1-8H,9H2,(H,19,21)(H2,18,25,26). The van der Waals surface area contributed by atoms with Gasteiger partial charge in [-0.05, 0) is 36.4 Å². The number of fused-ring (bicyclic) bond motifs is 1. The number of amides is 1. The van der Waals surface area contributed by atoms with E-state index < -0.39 is 33.4 Å². The Morgan fingerprint density at radius 2 is 1.83 bits per heavy atom. The van der Waals surface area contributed by atoms with Crippen molar-refractivity contribution in [2.24, 2.45) is 5.14 Å². The number of sulfonamides is 1. The van der Waals surface area contributed by atoms with Gasteiger partial charge < -0.3 is 10.1 Å². The highest BCUT2D eigenvalue weighted by atomic mass is 32.2. The van der Waals surface area contributed by atoms with Gasteiger partial charge in [-0.2, -0.15) is 0 Å². The number of nitro groups is 1. The van der Waals surface area contributed by atoms with Gasteiger partial charge in [0.25, 0.3) is 11.6 Å². The van der Waals surface area contributed by atoms with Crippen LogP contribution in [0.3, 0.4) is 0 Å². The first-order valence-electron chi connectivity index (χ1n) is 7.91. The Hall–Kier alpha value is -3.35. The third kappa shape index (κ3) is 4.93. The van der Waals surface area contributed by atoms with Crippen molar-refractivity contribution in [2.45, 2.75) is 4.90 Å². The summed E-state index contributed by atoms with van der Waals surface area (Å²) in [7, 11) is -3.84. The van der Waals surface area contributed by atoms with E-state index in [4.69, 9.17) is 9.88 Å². The van der Waals surface area contributed by atoms with Gasteiger partial charge in [-0.25, -0.2) is 18.4 Å². The highest BCUT2D eigenvalue weighted by Crippen LogP contribution is 2.29. The van der Waals surface area contributed by atoms with Crippen molar-refractivity contribution in [3.63, 3.8) is 0 Å². The second kappa shape index (κ2) is 7.95. The fraction of sp³-hybridized carbons (Fsp3) is 0.0588. The summed E-state index contributed by atoms with van der Waals surface area (Å²) in [6, 6.07) is 10.8. The zero-order valence-corrected chi connectivity index (χ0v) is 16.2. The number of benzene rings is 2. The number of esters is 1. The van der Waals surface area contributed by atoms with Crippen LogP contribution in [0.4, 0.5) is 11.4 Å². The highest BCUT2D eigenvalue weighted by Gasteiger charge is 2.16. The molecule has 3 N–H and O–H groups in total. The maximum atomic E-state index is 12.1. The topological polar surface area (TPSA) is 159 Å². The molecule has 10 nitrogen and oxygen atoms in total. The summed E-state index contributed by atoms with van der Waals surface area (Å²) in [6.45, 7) is -0.565. The van der Waals surface area contributed by atoms with Gasteiger partial charge in [0.15, 0.2) is 6.61 Å². The summed E-state index contributed by atoms with van der Waals surface area (Å²) < 4.78 is 28.0. The number of nitrogens with zero attached hydrogens (tertiary/aromatic N) is 1. The lowest BCUT2D eigenvalue weighted by atomic mass is 10.2. The van der Waals surface area contributed by atoms with Crippen LogP contribution < -0.4 is 10.5 Å². The molecule has 0 aliphatic heterocycles. The molecule has 150 valence electrons. The quantitative estimate of drug-likeness (QED) is 0.341. The number of anilines is 1. The van der Waals surface area contributed by atoms with E-state index >= 15 is 0 Å². The lowest BCUT2D eigenvalue weighted by Gasteiger charge is -2.06. The number of non-ortho nitro benzene ring substituents is 1. The molecule has 0 fully saturated rings. The number of rotatable bonds is 6. The number of primary sulfonamides is 1. The highest BCUT2D eigenvalue weighted by molar-refractivity contribution is 7.89. The second-order valence-corrected chi connectivity index (χ2v) is 8.43. The fourth-order valence-corrected chi connectivity index (χ4v) is 3.82. The summed E-state index contributed by atoms with van der Waals surface area (Å²) >= 11 is 1.09. The minimum Gasteiger partial charge on any atom is -0.451 e. The van der Waals surface area contributed by atoms with E-state index in [1.54, 1.807) is 0 Å². The minimum absolute atomic E-state index is 0.0944. The molecule has 0 atom stereocenters. The van der Waals surface area contributed by atoms with Crippen LogP contribution in [-0.4, -0.2) is 31.8 Å². The van der Waals surface area contributed by atoms with Gasteiger partial charge in [0.05, 0.1) is 9.82 Å². The normalized spacial score (nSPS) is 11.2. The van der Waals surface area contributed by atoms with Gasteiger partial charge in [-0.1, -0.05) is 0 Å². The Morgan fingerprint density at radius 1 is 1.14 bits per heavy atom. The van der Waals surface area contributed by atoms with E-state index in [1.807, 2.05) is 0 Å². The molecule has 1 amide bonds. The Kier molecular flexibility index (Phi) is 5.59. The number of nitro benzene ring substituents is 1. The molecular weight excluding hydrogens is 422 g/mol. The molecule has 2 aromatic carbocycles. The molecule has 1 heterocycles. The lowest BCUT2D eigenvalue weighted by Crippen LogP contribution is -2.20. The molecule has 3 rings (SSSR count). The van der Waals surface area contributed by atoms with Crippen LogP contribution in [0.5, 0.6) is 0 Å². The van der Waals surface area contributed by atoms with Crippen molar-refractivity contribution < 1.29 is 27.7 Å². The van der Waals surface area contributed by atoms with Crippen LogP contribution in [0.15, 0.2) is 53.4 Å². The molecule has 0 aliphatic carbocycles. The first kappa shape index (κ1) is 20.4. The smallest absolute Gasteiger partial charge is 0.348 e. The first-order chi connectivity index (χ1) is 13.6. The molecule has 1 aromatic heterocycles. The number of nitrogens with two attached hydrogens (primary N) is 1. The maximum absolute atomic E-state index is 12.1. The molecule has 0 aliphatic rings. The molecule has 3 aromatic rings. The van der Waals surface area contributed by atoms with Crippen molar-refractivity contribution in [2.75, 3.05) is 11.9 Å². The Morgan fingerprint density at radius 3 is 2.45 bits per heavy atom. The van der Waals surface area contributed by atoms with Gasteiger partial charge in [0.2, 0.25) is 10.0 Å². The van der Waals surface area contributed by atoms with Gasteiger partial charge in [-0.3, -0.25) is 14.9 Å². The third-order valence-corrected chi connectivity index (χ3v) is 5.74. The average Bonchev–Trinajstić information content (AvgIpc) is 3.09. The molecule has 0 spiro atoms. The zero-order valence-electron chi connectivity index (χ0n) is 14.5. The summed E-state index contributed by atoms with van der Waals surface area (Å²) in [5, 5.41) is 18.8. The number of hydrogen-bond donors (Lipinski definition) is 2. The van der Waals surface area contributed by atoms with Gasteiger partial charge in [0, 0.05) is 27.9 Å². The fourth-order valence-electron chi connectivity index (χ4n) is 2.37. The van der Waals surface area contributed by atoms with Gasteiger partial charge in [-0.15, -0.1) is 11.3 Å². The predicted octanol–water partition coefficient (Wildman–Crippen LogP) is 2.25. The average molecular weight is 435 g/mol. The molecule has 0 saturated carbocycles. The number of ether oxygens (including phenoxy) is 1. The largest absolute Gasteiger partial charge is 0.451 e. The molecule has 12 heteroatoms. The van der Waals surface area contributed by atoms with Crippen LogP contribution in [0.25, 0.3) is 10.1 Å². The van der Waals surface area contributed by atoms with Crippen molar-refractivity contribution in [1.82, 2.24) is 0 Å². The third-order valence-electron chi connectivity index (χ3n) is 3.71. The van der Waals surface area contributed by atoms with Crippen molar-refractivity contribution in [3.8, 4) is 0 Å². The monoisotopic (exact) mass is 435 g/mol. The summed E-state index contributed by atoms with van der Waals surface area (Å²) in [5.74, 6) is -1.37. The molecule has 0 saturated heterocycles. The number of hydrogen-bond acceptors (Lipinski definition) is 8. The van der Waals surface area contributed by atoms with E-state index in [1.165, 1.54) is 48.5 Å². The number of carbonyl (C=O) groups is 2. The zero-order chi connectivity index (χ0) is 21.2. The van der Waals surface area contributed by atoms with Crippen LogP contribution >= 0.6 is 11.3 Å². The molecule has 0 bridgehead atoms. The van der Waals surface area contributed by atoms with Crippen molar-refractivity contribution in [3.05, 3.63) is 63.5 Å². The van der Waals surface area contributed by atoms with Gasteiger partial charge >= 0.3 is 5.97 Å².